The molecule has 0 unspecified atom stereocenters. The molecule has 0 radical (unpaired) electrons. The maximum Gasteiger partial charge on any atom is 0.408 e. The lowest BCUT2D eigenvalue weighted by Crippen LogP contribution is -2.51. The van der Waals surface area contributed by atoms with E-state index in [2.05, 4.69) is 6.58 Å². The number of amides is 1. The van der Waals surface area contributed by atoms with Crippen molar-refractivity contribution < 1.29 is 23.4 Å². The van der Waals surface area contributed by atoms with Crippen LogP contribution in [0.4, 0.5) is 13.6 Å². The highest BCUT2D eigenvalue weighted by Gasteiger charge is 2.39. The van der Waals surface area contributed by atoms with Crippen molar-refractivity contribution in [2.45, 2.75) is 44.8 Å². The number of alkyl carbamates (subject to hydrolysis) is 1. The zero-order valence-electron chi connectivity index (χ0n) is 10.3. The molecule has 0 aromatic heterocycles. The number of carbonyl (C=O) groups is 1. The summed E-state index contributed by atoms with van der Waals surface area (Å²) >= 11 is 0. The number of hydrogen-bond donors (Lipinski definition) is 2. The number of ether oxygens (including phenoxy) is 1. The van der Waals surface area contributed by atoms with Crippen LogP contribution in [-0.2, 0) is 4.74 Å². The second-order valence-corrected chi connectivity index (χ2v) is 4.64. The Morgan fingerprint density at radius 1 is 1.53 bits per heavy atom. The van der Waals surface area contributed by atoms with Gasteiger partial charge < -0.3 is 15.2 Å². The van der Waals surface area contributed by atoms with Gasteiger partial charge in [0, 0.05) is 6.42 Å². The van der Waals surface area contributed by atoms with Crippen LogP contribution in [0.25, 0.3) is 0 Å². The molecular weight excluding hydrogens is 232 g/mol. The fourth-order valence-electron chi connectivity index (χ4n) is 1.07. The van der Waals surface area contributed by atoms with Gasteiger partial charge in [-0.05, 0) is 20.8 Å². The molecule has 2 N–H and O–H groups in total. The van der Waals surface area contributed by atoms with Crippen LogP contribution in [0.15, 0.2) is 12.7 Å². The second-order valence-electron chi connectivity index (χ2n) is 4.64. The minimum Gasteiger partial charge on any atom is -0.444 e. The van der Waals surface area contributed by atoms with E-state index < -0.39 is 36.7 Å². The molecule has 0 aromatic carbocycles. The maximum atomic E-state index is 13.4. The number of halogens is 2. The molecule has 1 amide bonds. The molecule has 0 aliphatic rings. The number of alkyl halides is 2. The van der Waals surface area contributed by atoms with E-state index in [9.17, 15) is 13.6 Å². The Bertz CT molecular complexity index is 274. The van der Waals surface area contributed by atoms with Gasteiger partial charge in [-0.2, -0.15) is 0 Å². The minimum atomic E-state index is -3.26. The summed E-state index contributed by atoms with van der Waals surface area (Å²) in [6.07, 6.45) is -0.590. The van der Waals surface area contributed by atoms with E-state index in [1.807, 2.05) is 5.32 Å². The van der Waals surface area contributed by atoms with Crippen molar-refractivity contribution in [2.75, 3.05) is 6.61 Å². The molecule has 0 rings (SSSR count). The topological polar surface area (TPSA) is 58.6 Å². The van der Waals surface area contributed by atoms with Crippen molar-refractivity contribution in [1.82, 2.24) is 5.32 Å². The van der Waals surface area contributed by atoms with E-state index in [-0.39, 0.29) is 0 Å². The molecule has 0 aliphatic carbocycles. The Labute approximate surface area is 99.6 Å². The van der Waals surface area contributed by atoms with Crippen molar-refractivity contribution in [2.24, 2.45) is 0 Å². The van der Waals surface area contributed by atoms with Crippen LogP contribution < -0.4 is 5.32 Å². The molecule has 0 spiro atoms. The summed E-state index contributed by atoms with van der Waals surface area (Å²) in [4.78, 5) is 11.3. The summed E-state index contributed by atoms with van der Waals surface area (Å²) < 4.78 is 31.6. The van der Waals surface area contributed by atoms with Crippen LogP contribution in [0.1, 0.15) is 27.2 Å². The average Bonchev–Trinajstić information content (AvgIpc) is 2.10. The van der Waals surface area contributed by atoms with Crippen LogP contribution >= 0.6 is 0 Å². The number of aliphatic hydroxyl groups is 1. The third-order valence-corrected chi connectivity index (χ3v) is 1.80. The Morgan fingerprint density at radius 2 is 2.06 bits per heavy atom. The van der Waals surface area contributed by atoms with Gasteiger partial charge in [0.25, 0.3) is 5.92 Å². The highest BCUT2D eigenvalue weighted by Crippen LogP contribution is 2.23. The van der Waals surface area contributed by atoms with E-state index in [0.717, 1.165) is 6.08 Å². The van der Waals surface area contributed by atoms with E-state index >= 15 is 0 Å². The molecule has 0 saturated heterocycles. The number of hydrogen-bond acceptors (Lipinski definition) is 3. The van der Waals surface area contributed by atoms with Gasteiger partial charge in [-0.15, -0.1) is 6.58 Å². The molecule has 17 heavy (non-hydrogen) atoms. The number of allylic oxidation sites excluding steroid dienone is 1. The lowest BCUT2D eigenvalue weighted by atomic mass is 10.1. The van der Waals surface area contributed by atoms with Gasteiger partial charge in [-0.25, -0.2) is 13.6 Å². The van der Waals surface area contributed by atoms with Crippen LogP contribution in [-0.4, -0.2) is 35.4 Å². The number of nitrogens with one attached hydrogen (secondary N) is 1. The summed E-state index contributed by atoms with van der Waals surface area (Å²) in [6, 6.07) is -1.68. The van der Waals surface area contributed by atoms with E-state index in [1.54, 1.807) is 20.8 Å². The summed E-state index contributed by atoms with van der Waals surface area (Å²) in [7, 11) is 0. The number of carbonyl (C=O) groups excluding carboxylic acids is 1. The van der Waals surface area contributed by atoms with Crippen molar-refractivity contribution >= 4 is 6.09 Å². The van der Waals surface area contributed by atoms with E-state index in [1.165, 1.54) is 0 Å². The third-order valence-electron chi connectivity index (χ3n) is 1.80. The summed E-state index contributed by atoms with van der Waals surface area (Å²) in [5.74, 6) is -3.26. The van der Waals surface area contributed by atoms with Gasteiger partial charge in [0.2, 0.25) is 0 Å². The zero-order chi connectivity index (χ0) is 13.7. The highest BCUT2D eigenvalue weighted by molar-refractivity contribution is 5.68. The fraction of sp³-hybridized carbons (Fsp3) is 0.727. The Morgan fingerprint density at radius 3 is 2.41 bits per heavy atom. The van der Waals surface area contributed by atoms with Gasteiger partial charge in [0.1, 0.15) is 11.6 Å². The molecule has 0 saturated carbocycles. The lowest BCUT2D eigenvalue weighted by Gasteiger charge is -2.27. The Balaban J connectivity index is 4.50. The van der Waals surface area contributed by atoms with Crippen LogP contribution in [0.3, 0.4) is 0 Å². The summed E-state index contributed by atoms with van der Waals surface area (Å²) in [6.45, 7) is 7.16. The molecule has 0 bridgehead atoms. The number of rotatable bonds is 5. The Hall–Kier alpha value is -1.17. The first kappa shape index (κ1) is 15.8. The van der Waals surface area contributed by atoms with Gasteiger partial charge in [0.05, 0.1) is 6.61 Å². The van der Waals surface area contributed by atoms with Crippen molar-refractivity contribution in [3.8, 4) is 0 Å². The first-order valence-corrected chi connectivity index (χ1v) is 5.21. The quantitative estimate of drug-likeness (QED) is 0.735. The van der Waals surface area contributed by atoms with Crippen molar-refractivity contribution in [1.29, 1.82) is 0 Å². The van der Waals surface area contributed by atoms with Gasteiger partial charge in [-0.1, -0.05) is 6.08 Å². The van der Waals surface area contributed by atoms with Crippen molar-refractivity contribution in [3.63, 3.8) is 0 Å². The lowest BCUT2D eigenvalue weighted by molar-refractivity contribution is -0.0528. The first-order valence-electron chi connectivity index (χ1n) is 5.21. The second kappa shape index (κ2) is 5.95. The molecule has 0 heterocycles. The summed E-state index contributed by atoms with van der Waals surface area (Å²) in [5, 5.41) is 10.8. The first-order chi connectivity index (χ1) is 7.62. The molecular formula is C11H19F2NO3. The highest BCUT2D eigenvalue weighted by atomic mass is 19.3. The normalized spacial score (nSPS) is 14.0. The maximum absolute atomic E-state index is 13.4. The molecule has 6 heteroatoms. The van der Waals surface area contributed by atoms with Crippen LogP contribution in [0.5, 0.6) is 0 Å². The zero-order valence-corrected chi connectivity index (χ0v) is 10.3. The molecule has 100 valence electrons. The summed E-state index contributed by atoms with van der Waals surface area (Å²) in [5.41, 5.74) is -0.780. The van der Waals surface area contributed by atoms with Gasteiger partial charge in [0.15, 0.2) is 0 Å². The molecule has 4 nitrogen and oxygen atoms in total. The van der Waals surface area contributed by atoms with Gasteiger partial charge in [-0.3, -0.25) is 0 Å². The van der Waals surface area contributed by atoms with E-state index in [4.69, 9.17) is 9.84 Å². The SMILES string of the molecule is C=CCC(F)(F)[C@H](CO)NC(=O)OC(C)(C)C. The predicted octanol–water partition coefficient (Wildman–Crippen LogP) is 2.08. The number of aliphatic hydroxyl groups excluding tert-OH is 1. The molecule has 1 atom stereocenters. The van der Waals surface area contributed by atoms with E-state index in [0.29, 0.717) is 0 Å². The van der Waals surface area contributed by atoms with Crippen molar-refractivity contribution in [3.05, 3.63) is 12.7 Å². The molecule has 0 aliphatic heterocycles. The molecule has 0 aromatic rings. The van der Waals surface area contributed by atoms with Gasteiger partial charge >= 0.3 is 6.09 Å². The predicted molar refractivity (Wildman–Crippen MR) is 60.0 cm³/mol. The average molecular weight is 251 g/mol. The smallest absolute Gasteiger partial charge is 0.408 e. The largest absolute Gasteiger partial charge is 0.444 e. The standard InChI is InChI=1S/C11H19F2NO3/c1-5-6-11(12,13)8(7-15)14-9(16)17-10(2,3)4/h5,8,15H,1,6-7H2,2-4H3,(H,14,16)/t8-/m0/s1. The minimum absolute atomic E-state index is 0.631. The third kappa shape index (κ3) is 6.21. The van der Waals surface area contributed by atoms with Crippen LogP contribution in [0.2, 0.25) is 0 Å². The molecule has 0 fully saturated rings. The monoisotopic (exact) mass is 251 g/mol. The van der Waals surface area contributed by atoms with Crippen LogP contribution in [0, 0.1) is 0 Å². The fourth-order valence-corrected chi connectivity index (χ4v) is 1.07. The Kier molecular flexibility index (Phi) is 5.54.